The average molecular weight is 546 g/mol. The van der Waals surface area contributed by atoms with Gasteiger partial charge in [0.15, 0.2) is 6.10 Å². The third kappa shape index (κ3) is 5.59. The van der Waals surface area contributed by atoms with Gasteiger partial charge in [-0.2, -0.15) is 0 Å². The standard InChI is InChI=1S/C30H31N3O5S/c1-4-23(27(34)33-28-25(30(36)37-5-2)20-8-6-7-9-24(20)39-28)38-29(35)19-14-15-21-22(16-19)32-26(31-21)18-12-10-17(3)11-13-18/h10-16,23H,4-9H2,1-3H3,(H,31,32)(H,33,34). The number of carbonyl (C=O) groups excluding carboxylic acids is 3. The van der Waals surface area contributed by atoms with Crippen LogP contribution in [0.25, 0.3) is 22.4 Å². The van der Waals surface area contributed by atoms with Crippen LogP contribution in [-0.4, -0.2) is 40.5 Å². The number of esters is 2. The maximum Gasteiger partial charge on any atom is 0.341 e. The number of thiophene rings is 1. The van der Waals surface area contributed by atoms with E-state index in [1.54, 1.807) is 32.0 Å². The van der Waals surface area contributed by atoms with Gasteiger partial charge in [0, 0.05) is 10.4 Å². The lowest BCUT2D eigenvalue weighted by Crippen LogP contribution is -2.32. The van der Waals surface area contributed by atoms with E-state index >= 15 is 0 Å². The van der Waals surface area contributed by atoms with Gasteiger partial charge in [-0.3, -0.25) is 4.79 Å². The molecule has 0 bridgehead atoms. The second-order valence-electron chi connectivity index (χ2n) is 9.61. The molecular weight excluding hydrogens is 514 g/mol. The second-order valence-corrected chi connectivity index (χ2v) is 10.7. The number of ether oxygens (including phenoxy) is 2. The van der Waals surface area contributed by atoms with E-state index in [1.807, 2.05) is 31.2 Å². The van der Waals surface area contributed by atoms with Crippen LogP contribution in [0.1, 0.15) is 69.8 Å². The molecule has 0 spiro atoms. The Labute approximate surface area is 230 Å². The Morgan fingerprint density at radius 2 is 1.82 bits per heavy atom. The lowest BCUT2D eigenvalue weighted by Gasteiger charge is -2.16. The van der Waals surface area contributed by atoms with Gasteiger partial charge in [0.2, 0.25) is 0 Å². The van der Waals surface area contributed by atoms with Gasteiger partial charge in [0.05, 0.1) is 28.8 Å². The molecule has 1 amide bonds. The first kappa shape index (κ1) is 26.6. The maximum absolute atomic E-state index is 13.2. The summed E-state index contributed by atoms with van der Waals surface area (Å²) in [6, 6.07) is 13.1. The number of aromatic nitrogens is 2. The minimum Gasteiger partial charge on any atom is -0.462 e. The number of imidazole rings is 1. The van der Waals surface area contributed by atoms with Crippen LogP contribution in [0.15, 0.2) is 42.5 Å². The fraction of sp³-hybridized carbons (Fsp3) is 0.333. The molecule has 1 aliphatic rings. The van der Waals surface area contributed by atoms with Crippen molar-refractivity contribution in [3.8, 4) is 11.4 Å². The molecule has 2 N–H and O–H groups in total. The molecule has 0 saturated heterocycles. The number of rotatable bonds is 8. The van der Waals surface area contributed by atoms with E-state index in [0.717, 1.165) is 52.8 Å². The van der Waals surface area contributed by atoms with Gasteiger partial charge in [0.25, 0.3) is 5.91 Å². The van der Waals surface area contributed by atoms with Crippen molar-refractivity contribution in [2.24, 2.45) is 0 Å². The van der Waals surface area contributed by atoms with E-state index in [0.29, 0.717) is 27.5 Å². The second kappa shape index (κ2) is 11.4. The zero-order valence-corrected chi connectivity index (χ0v) is 23.1. The molecule has 0 fully saturated rings. The van der Waals surface area contributed by atoms with Crippen molar-refractivity contribution in [1.82, 2.24) is 9.97 Å². The summed E-state index contributed by atoms with van der Waals surface area (Å²) in [6.45, 7) is 5.80. The normalized spacial score (nSPS) is 13.5. The summed E-state index contributed by atoms with van der Waals surface area (Å²) in [5.74, 6) is -0.812. The Hall–Kier alpha value is -3.98. The van der Waals surface area contributed by atoms with Crippen LogP contribution in [0.5, 0.6) is 0 Å². The number of aromatic amines is 1. The van der Waals surface area contributed by atoms with Crippen molar-refractivity contribution < 1.29 is 23.9 Å². The smallest absolute Gasteiger partial charge is 0.341 e. The summed E-state index contributed by atoms with van der Waals surface area (Å²) < 4.78 is 10.9. The van der Waals surface area contributed by atoms with Crippen LogP contribution < -0.4 is 5.32 Å². The van der Waals surface area contributed by atoms with Gasteiger partial charge in [-0.05, 0) is 69.7 Å². The highest BCUT2D eigenvalue weighted by molar-refractivity contribution is 7.17. The predicted molar refractivity (Wildman–Crippen MR) is 151 cm³/mol. The van der Waals surface area contributed by atoms with Gasteiger partial charge in [0.1, 0.15) is 10.8 Å². The van der Waals surface area contributed by atoms with Crippen LogP contribution in [0.4, 0.5) is 5.00 Å². The van der Waals surface area contributed by atoms with Crippen molar-refractivity contribution in [3.05, 3.63) is 69.6 Å². The monoisotopic (exact) mass is 545 g/mol. The topological polar surface area (TPSA) is 110 Å². The number of carbonyl (C=O) groups is 3. The highest BCUT2D eigenvalue weighted by Crippen LogP contribution is 2.38. The molecule has 1 unspecified atom stereocenters. The van der Waals surface area contributed by atoms with E-state index in [2.05, 4.69) is 15.3 Å². The highest BCUT2D eigenvalue weighted by atomic mass is 32.1. The SMILES string of the molecule is CCOC(=O)c1c(NC(=O)C(CC)OC(=O)c2ccc3nc(-c4ccc(C)cc4)[nH]c3c2)sc2c1CCCC2. The molecule has 0 aliphatic heterocycles. The quantitative estimate of drug-likeness (QED) is 0.254. The molecule has 5 rings (SSSR count). The van der Waals surface area contributed by atoms with E-state index < -0.39 is 23.9 Å². The number of anilines is 1. The summed E-state index contributed by atoms with van der Waals surface area (Å²) in [6.07, 6.45) is 2.95. The third-order valence-corrected chi connectivity index (χ3v) is 8.05. The van der Waals surface area contributed by atoms with E-state index in [1.165, 1.54) is 11.3 Å². The third-order valence-electron chi connectivity index (χ3n) is 6.84. The predicted octanol–water partition coefficient (Wildman–Crippen LogP) is 6.23. The average Bonchev–Trinajstić information content (AvgIpc) is 3.52. The van der Waals surface area contributed by atoms with Gasteiger partial charge in [-0.25, -0.2) is 14.6 Å². The number of H-pyrrole nitrogens is 1. The molecule has 39 heavy (non-hydrogen) atoms. The van der Waals surface area contributed by atoms with Crippen LogP contribution in [-0.2, 0) is 27.1 Å². The van der Waals surface area contributed by atoms with E-state index in [9.17, 15) is 14.4 Å². The van der Waals surface area contributed by atoms with Crippen molar-refractivity contribution in [2.75, 3.05) is 11.9 Å². The minimum absolute atomic E-state index is 0.249. The number of amides is 1. The number of fused-ring (bicyclic) bond motifs is 2. The molecular formula is C30H31N3O5S. The molecule has 9 heteroatoms. The van der Waals surface area contributed by atoms with Crippen molar-refractivity contribution >= 4 is 45.2 Å². The molecule has 1 aliphatic carbocycles. The highest BCUT2D eigenvalue weighted by Gasteiger charge is 2.30. The van der Waals surface area contributed by atoms with Gasteiger partial charge in [-0.1, -0.05) is 36.8 Å². The first-order chi connectivity index (χ1) is 18.9. The Kier molecular flexibility index (Phi) is 7.79. The lowest BCUT2D eigenvalue weighted by molar-refractivity contribution is -0.124. The molecule has 2 aromatic heterocycles. The molecule has 4 aromatic rings. The first-order valence-electron chi connectivity index (χ1n) is 13.3. The van der Waals surface area contributed by atoms with Crippen LogP contribution in [0.2, 0.25) is 0 Å². The maximum atomic E-state index is 13.2. The minimum atomic E-state index is -1.02. The summed E-state index contributed by atoms with van der Waals surface area (Å²) in [4.78, 5) is 48.0. The zero-order valence-electron chi connectivity index (χ0n) is 22.3. The number of hydrogen-bond acceptors (Lipinski definition) is 7. The largest absolute Gasteiger partial charge is 0.462 e. The molecule has 2 heterocycles. The fourth-order valence-electron chi connectivity index (χ4n) is 4.77. The zero-order chi connectivity index (χ0) is 27.5. The Balaban J connectivity index is 1.32. The number of aryl methyl sites for hydroxylation is 2. The molecule has 1 atom stereocenters. The van der Waals surface area contributed by atoms with Gasteiger partial charge < -0.3 is 19.8 Å². The summed E-state index contributed by atoms with van der Waals surface area (Å²) in [5, 5.41) is 3.32. The van der Waals surface area contributed by atoms with Crippen LogP contribution in [0.3, 0.4) is 0 Å². The Morgan fingerprint density at radius 3 is 2.56 bits per heavy atom. The number of hydrogen-bond donors (Lipinski definition) is 2. The van der Waals surface area contributed by atoms with Gasteiger partial charge >= 0.3 is 11.9 Å². The fourth-order valence-corrected chi connectivity index (χ4v) is 6.05. The number of benzene rings is 2. The molecule has 202 valence electrons. The molecule has 2 aromatic carbocycles. The van der Waals surface area contributed by atoms with Crippen LogP contribution in [0, 0.1) is 6.92 Å². The van der Waals surface area contributed by atoms with Crippen molar-refractivity contribution in [3.63, 3.8) is 0 Å². The lowest BCUT2D eigenvalue weighted by atomic mass is 9.95. The molecule has 8 nitrogen and oxygen atoms in total. The van der Waals surface area contributed by atoms with E-state index in [-0.39, 0.29) is 13.0 Å². The Bertz CT molecular complexity index is 1540. The molecule has 0 saturated carbocycles. The van der Waals surface area contributed by atoms with Crippen molar-refractivity contribution in [1.29, 1.82) is 0 Å². The summed E-state index contributed by atoms with van der Waals surface area (Å²) >= 11 is 1.41. The molecule has 0 radical (unpaired) electrons. The van der Waals surface area contributed by atoms with Crippen molar-refractivity contribution in [2.45, 2.75) is 59.0 Å². The number of nitrogens with zero attached hydrogens (tertiary/aromatic N) is 1. The van der Waals surface area contributed by atoms with E-state index in [4.69, 9.17) is 9.47 Å². The Morgan fingerprint density at radius 1 is 1.05 bits per heavy atom. The van der Waals surface area contributed by atoms with Crippen LogP contribution >= 0.6 is 11.3 Å². The van der Waals surface area contributed by atoms with Gasteiger partial charge in [-0.15, -0.1) is 11.3 Å². The number of nitrogens with one attached hydrogen (secondary N) is 2. The summed E-state index contributed by atoms with van der Waals surface area (Å²) in [5.41, 5.74) is 5.22. The summed E-state index contributed by atoms with van der Waals surface area (Å²) in [7, 11) is 0. The first-order valence-corrected chi connectivity index (χ1v) is 14.1.